The third-order valence-electron chi connectivity index (χ3n) is 4.10. The van der Waals surface area contributed by atoms with Crippen LogP contribution in [0.4, 0.5) is 5.69 Å². The Labute approximate surface area is 114 Å². The Morgan fingerprint density at radius 1 is 1.47 bits per heavy atom. The Bertz CT molecular complexity index is 470. The molecule has 0 aliphatic carbocycles. The molecule has 1 heterocycles. The van der Waals surface area contributed by atoms with Crippen LogP contribution in [-0.2, 0) is 11.2 Å². The molecule has 1 aliphatic rings. The van der Waals surface area contributed by atoms with Crippen molar-refractivity contribution in [2.45, 2.75) is 44.7 Å². The second kappa shape index (κ2) is 5.21. The number of hydrogen-bond donors (Lipinski definition) is 2. The normalized spacial score (nSPS) is 21.6. The van der Waals surface area contributed by atoms with Crippen LogP contribution in [-0.4, -0.2) is 24.0 Å². The van der Waals surface area contributed by atoms with Gasteiger partial charge in [-0.1, -0.05) is 18.2 Å². The van der Waals surface area contributed by atoms with Gasteiger partial charge in [0, 0.05) is 18.3 Å². The number of nitrogens with two attached hydrogens (primary N) is 2. The molecule has 2 unspecified atom stereocenters. The van der Waals surface area contributed by atoms with Crippen molar-refractivity contribution in [2.24, 2.45) is 11.5 Å². The second-order valence-corrected chi connectivity index (χ2v) is 5.74. The van der Waals surface area contributed by atoms with Gasteiger partial charge in [-0.25, -0.2) is 0 Å². The number of aryl methyl sites for hydroxylation is 1. The van der Waals surface area contributed by atoms with Crippen molar-refractivity contribution in [3.05, 3.63) is 29.8 Å². The summed E-state index contributed by atoms with van der Waals surface area (Å²) in [7, 11) is 0. The van der Waals surface area contributed by atoms with Crippen molar-refractivity contribution >= 4 is 11.6 Å². The van der Waals surface area contributed by atoms with Crippen LogP contribution in [0, 0.1) is 0 Å². The zero-order valence-corrected chi connectivity index (χ0v) is 11.7. The van der Waals surface area contributed by atoms with Crippen LogP contribution in [0.3, 0.4) is 0 Å². The van der Waals surface area contributed by atoms with E-state index in [2.05, 4.69) is 36.1 Å². The zero-order valence-electron chi connectivity index (χ0n) is 11.7. The second-order valence-electron chi connectivity index (χ2n) is 5.74. The molecule has 4 heteroatoms. The van der Waals surface area contributed by atoms with Gasteiger partial charge in [0.2, 0.25) is 5.91 Å². The maximum Gasteiger partial charge on any atom is 0.237 e. The molecule has 1 amide bonds. The SMILES string of the molecule is CC1CCc2ccccc2N1CCC(C)(N)C(N)=O. The zero-order chi connectivity index (χ0) is 14.0. The summed E-state index contributed by atoms with van der Waals surface area (Å²) in [5, 5.41) is 0. The highest BCUT2D eigenvalue weighted by atomic mass is 16.1. The number of hydrogen-bond acceptors (Lipinski definition) is 3. The molecule has 0 spiro atoms. The highest BCUT2D eigenvalue weighted by Gasteiger charge is 2.29. The monoisotopic (exact) mass is 261 g/mol. The molecular formula is C15H23N3O. The standard InChI is InChI=1S/C15H23N3O/c1-11-7-8-12-5-3-4-6-13(12)18(11)10-9-15(2,17)14(16)19/h3-6,11H,7-10,17H2,1-2H3,(H2,16,19). The molecule has 1 aliphatic heterocycles. The van der Waals surface area contributed by atoms with E-state index >= 15 is 0 Å². The van der Waals surface area contributed by atoms with Crippen LogP contribution in [0.1, 0.15) is 32.3 Å². The Hall–Kier alpha value is -1.55. The number of carbonyl (C=O) groups is 1. The Morgan fingerprint density at radius 3 is 2.84 bits per heavy atom. The molecule has 0 saturated heterocycles. The molecule has 4 N–H and O–H groups in total. The van der Waals surface area contributed by atoms with Crippen LogP contribution in [0.5, 0.6) is 0 Å². The van der Waals surface area contributed by atoms with E-state index in [9.17, 15) is 4.79 Å². The first kappa shape index (κ1) is 13.9. The molecule has 0 fully saturated rings. The van der Waals surface area contributed by atoms with Crippen molar-refractivity contribution in [1.29, 1.82) is 0 Å². The summed E-state index contributed by atoms with van der Waals surface area (Å²) < 4.78 is 0. The number of fused-ring (bicyclic) bond motifs is 1. The van der Waals surface area contributed by atoms with Gasteiger partial charge in [0.05, 0.1) is 5.54 Å². The van der Waals surface area contributed by atoms with Crippen LogP contribution >= 0.6 is 0 Å². The highest BCUT2D eigenvalue weighted by molar-refractivity contribution is 5.83. The third-order valence-corrected chi connectivity index (χ3v) is 4.10. The lowest BCUT2D eigenvalue weighted by atomic mass is 9.93. The van der Waals surface area contributed by atoms with Gasteiger partial charge in [0.15, 0.2) is 0 Å². The molecule has 19 heavy (non-hydrogen) atoms. The molecule has 0 saturated carbocycles. The Kier molecular flexibility index (Phi) is 3.80. The average Bonchev–Trinajstić information content (AvgIpc) is 2.37. The number of amides is 1. The maximum absolute atomic E-state index is 11.3. The van der Waals surface area contributed by atoms with Gasteiger partial charge in [0.1, 0.15) is 0 Å². The van der Waals surface area contributed by atoms with Crippen molar-refractivity contribution in [3.8, 4) is 0 Å². The fraction of sp³-hybridized carbons (Fsp3) is 0.533. The van der Waals surface area contributed by atoms with Crippen LogP contribution in [0.2, 0.25) is 0 Å². The molecule has 0 bridgehead atoms. The summed E-state index contributed by atoms with van der Waals surface area (Å²) >= 11 is 0. The van der Waals surface area contributed by atoms with Gasteiger partial charge in [-0.15, -0.1) is 0 Å². The molecule has 1 aromatic rings. The van der Waals surface area contributed by atoms with Crippen LogP contribution in [0.25, 0.3) is 0 Å². The van der Waals surface area contributed by atoms with Gasteiger partial charge in [-0.2, -0.15) is 0 Å². The molecule has 0 radical (unpaired) electrons. The summed E-state index contributed by atoms with van der Waals surface area (Å²) in [4.78, 5) is 13.6. The van der Waals surface area contributed by atoms with E-state index < -0.39 is 11.4 Å². The lowest BCUT2D eigenvalue weighted by molar-refractivity contribution is -0.122. The summed E-state index contributed by atoms with van der Waals surface area (Å²) in [6.07, 6.45) is 2.82. The first-order valence-corrected chi connectivity index (χ1v) is 6.85. The Balaban J connectivity index is 2.14. The largest absolute Gasteiger partial charge is 0.369 e. The minimum atomic E-state index is -0.938. The van der Waals surface area contributed by atoms with Gasteiger partial charge in [-0.05, 0) is 44.7 Å². The van der Waals surface area contributed by atoms with E-state index in [4.69, 9.17) is 11.5 Å². The minimum absolute atomic E-state index is 0.439. The van der Waals surface area contributed by atoms with Crippen molar-refractivity contribution in [2.75, 3.05) is 11.4 Å². The minimum Gasteiger partial charge on any atom is -0.369 e. The molecule has 2 atom stereocenters. The van der Waals surface area contributed by atoms with E-state index in [-0.39, 0.29) is 0 Å². The summed E-state index contributed by atoms with van der Waals surface area (Å²) in [6.45, 7) is 4.68. The number of para-hydroxylation sites is 1. The molecule has 2 rings (SSSR count). The molecule has 1 aromatic carbocycles. The van der Waals surface area contributed by atoms with E-state index in [1.807, 2.05) is 0 Å². The lowest BCUT2D eigenvalue weighted by Gasteiger charge is -2.38. The first-order valence-electron chi connectivity index (χ1n) is 6.85. The summed E-state index contributed by atoms with van der Waals surface area (Å²) in [5.41, 5.74) is 13.0. The third kappa shape index (κ3) is 2.89. The van der Waals surface area contributed by atoms with Crippen molar-refractivity contribution in [1.82, 2.24) is 0 Å². The van der Waals surface area contributed by atoms with E-state index in [1.54, 1.807) is 6.92 Å². The van der Waals surface area contributed by atoms with Gasteiger partial charge < -0.3 is 16.4 Å². The topological polar surface area (TPSA) is 72.3 Å². The number of nitrogens with zero attached hydrogens (tertiary/aromatic N) is 1. The number of primary amides is 1. The molecular weight excluding hydrogens is 238 g/mol. The fourth-order valence-electron chi connectivity index (χ4n) is 2.58. The maximum atomic E-state index is 11.3. The highest BCUT2D eigenvalue weighted by Crippen LogP contribution is 2.30. The van der Waals surface area contributed by atoms with E-state index in [0.717, 1.165) is 19.4 Å². The predicted octanol–water partition coefficient (Wildman–Crippen LogP) is 1.42. The predicted molar refractivity (Wildman–Crippen MR) is 78.0 cm³/mol. The number of rotatable bonds is 4. The molecule has 0 aromatic heterocycles. The van der Waals surface area contributed by atoms with Crippen molar-refractivity contribution in [3.63, 3.8) is 0 Å². The van der Waals surface area contributed by atoms with Gasteiger partial charge in [-0.3, -0.25) is 4.79 Å². The summed E-state index contributed by atoms with van der Waals surface area (Å²) in [5.74, 6) is -0.439. The van der Waals surface area contributed by atoms with E-state index in [1.165, 1.54) is 11.3 Å². The Morgan fingerprint density at radius 2 is 2.16 bits per heavy atom. The van der Waals surface area contributed by atoms with E-state index in [0.29, 0.717) is 12.5 Å². The smallest absolute Gasteiger partial charge is 0.237 e. The number of benzene rings is 1. The van der Waals surface area contributed by atoms with Gasteiger partial charge >= 0.3 is 0 Å². The lowest BCUT2D eigenvalue weighted by Crippen LogP contribution is -2.52. The van der Waals surface area contributed by atoms with Crippen LogP contribution < -0.4 is 16.4 Å². The van der Waals surface area contributed by atoms with Crippen LogP contribution in [0.15, 0.2) is 24.3 Å². The summed E-state index contributed by atoms with van der Waals surface area (Å²) in [6, 6.07) is 8.91. The number of anilines is 1. The number of carbonyl (C=O) groups excluding carboxylic acids is 1. The fourth-order valence-corrected chi connectivity index (χ4v) is 2.58. The first-order chi connectivity index (χ1) is 8.92. The average molecular weight is 261 g/mol. The quantitative estimate of drug-likeness (QED) is 0.861. The van der Waals surface area contributed by atoms with Gasteiger partial charge in [0.25, 0.3) is 0 Å². The van der Waals surface area contributed by atoms with Crippen molar-refractivity contribution < 1.29 is 4.79 Å². The molecule has 4 nitrogen and oxygen atoms in total. The molecule has 104 valence electrons.